The van der Waals surface area contributed by atoms with Crippen molar-refractivity contribution in [2.24, 2.45) is 0 Å². The molecule has 0 saturated carbocycles. The van der Waals surface area contributed by atoms with Crippen LogP contribution in [0.3, 0.4) is 0 Å². The Labute approximate surface area is 71.8 Å². The lowest BCUT2D eigenvalue weighted by atomic mass is 10.3. The highest BCUT2D eigenvalue weighted by molar-refractivity contribution is 5.72. The molecule has 0 N–H and O–H groups in total. The van der Waals surface area contributed by atoms with Crippen LogP contribution in [0.25, 0.3) is 0 Å². The fraction of sp³-hybridized carbons (Fsp3) is 0.750. The van der Waals surface area contributed by atoms with Crippen molar-refractivity contribution in [2.75, 3.05) is 19.8 Å². The van der Waals surface area contributed by atoms with Crippen LogP contribution in [-0.2, 0) is 19.1 Å². The van der Waals surface area contributed by atoms with Gasteiger partial charge in [-0.05, 0) is 6.92 Å². The second kappa shape index (κ2) is 8.20. The summed E-state index contributed by atoms with van der Waals surface area (Å²) in [5.74, 6) is -0.346. The first-order chi connectivity index (χ1) is 5.81. The van der Waals surface area contributed by atoms with Crippen LogP contribution < -0.4 is 0 Å². The van der Waals surface area contributed by atoms with E-state index in [2.05, 4.69) is 0 Å². The van der Waals surface area contributed by atoms with Crippen molar-refractivity contribution in [3.8, 4) is 0 Å². The third-order valence-electron chi connectivity index (χ3n) is 1.16. The lowest BCUT2D eigenvalue weighted by Gasteiger charge is -2.02. The zero-order valence-electron chi connectivity index (χ0n) is 7.25. The topological polar surface area (TPSA) is 52.6 Å². The zero-order valence-corrected chi connectivity index (χ0v) is 7.25. The third-order valence-corrected chi connectivity index (χ3v) is 1.16. The van der Waals surface area contributed by atoms with Crippen LogP contribution in [-0.4, -0.2) is 32.1 Å². The van der Waals surface area contributed by atoms with Crippen LogP contribution in [0.15, 0.2) is 0 Å². The first kappa shape index (κ1) is 11.1. The van der Waals surface area contributed by atoms with Gasteiger partial charge in [0.15, 0.2) is 0 Å². The van der Waals surface area contributed by atoms with Gasteiger partial charge in [0, 0.05) is 13.0 Å². The second-order valence-corrected chi connectivity index (χ2v) is 2.12. The zero-order chi connectivity index (χ0) is 9.23. The maximum atomic E-state index is 10.7. The van der Waals surface area contributed by atoms with Gasteiger partial charge in [-0.25, -0.2) is 0 Å². The van der Waals surface area contributed by atoms with E-state index in [-0.39, 0.29) is 25.4 Å². The molecular weight excluding hydrogens is 160 g/mol. The van der Waals surface area contributed by atoms with Gasteiger partial charge in [0.05, 0.1) is 13.0 Å². The Morgan fingerprint density at radius 2 is 2.17 bits per heavy atom. The van der Waals surface area contributed by atoms with Crippen molar-refractivity contribution in [1.29, 1.82) is 0 Å². The summed E-state index contributed by atoms with van der Waals surface area (Å²) in [4.78, 5) is 20.6. The molecule has 0 atom stereocenters. The summed E-state index contributed by atoms with van der Waals surface area (Å²) in [6.07, 6.45) is 1.09. The van der Waals surface area contributed by atoms with E-state index < -0.39 is 0 Å². The Bertz CT molecular complexity index is 133. The van der Waals surface area contributed by atoms with E-state index in [0.717, 1.165) is 0 Å². The monoisotopic (exact) mass is 174 g/mol. The lowest BCUT2D eigenvalue weighted by Crippen LogP contribution is -2.10. The van der Waals surface area contributed by atoms with Crippen molar-refractivity contribution in [1.82, 2.24) is 0 Å². The van der Waals surface area contributed by atoms with Crippen molar-refractivity contribution < 1.29 is 19.1 Å². The molecule has 12 heavy (non-hydrogen) atoms. The van der Waals surface area contributed by atoms with Gasteiger partial charge in [-0.2, -0.15) is 0 Å². The number of esters is 1. The summed E-state index contributed by atoms with van der Waals surface area (Å²) in [7, 11) is 0. The molecule has 0 aliphatic heterocycles. The normalized spacial score (nSPS) is 9.42. The van der Waals surface area contributed by atoms with E-state index in [1.54, 1.807) is 0 Å². The molecule has 0 spiro atoms. The summed E-state index contributed by atoms with van der Waals surface area (Å²) in [6.45, 7) is 3.18. The Morgan fingerprint density at radius 1 is 1.42 bits per heavy atom. The number of ether oxygens (including phenoxy) is 2. The van der Waals surface area contributed by atoms with Gasteiger partial charge in [-0.3, -0.25) is 4.79 Å². The van der Waals surface area contributed by atoms with Gasteiger partial charge in [0.1, 0.15) is 12.9 Å². The maximum Gasteiger partial charge on any atom is 0.306 e. The highest BCUT2D eigenvalue weighted by Gasteiger charge is 2.00. The molecule has 0 bridgehead atoms. The first-order valence-electron chi connectivity index (χ1n) is 3.98. The Balaban J connectivity index is 3.13. The van der Waals surface area contributed by atoms with Gasteiger partial charge < -0.3 is 14.3 Å². The van der Waals surface area contributed by atoms with Crippen molar-refractivity contribution in [2.45, 2.75) is 19.8 Å². The molecular formula is C8H14O4. The number of hydrogen-bond acceptors (Lipinski definition) is 4. The molecule has 0 aromatic rings. The van der Waals surface area contributed by atoms with Crippen LogP contribution in [0.2, 0.25) is 0 Å². The fourth-order valence-electron chi connectivity index (χ4n) is 0.608. The average molecular weight is 174 g/mol. The molecule has 0 rings (SSSR count). The van der Waals surface area contributed by atoms with Gasteiger partial charge in [0.2, 0.25) is 0 Å². The summed E-state index contributed by atoms with van der Waals surface area (Å²) >= 11 is 0. The fourth-order valence-corrected chi connectivity index (χ4v) is 0.608. The first-order valence-corrected chi connectivity index (χ1v) is 3.98. The van der Waals surface area contributed by atoms with Crippen LogP contribution in [0.5, 0.6) is 0 Å². The highest BCUT2D eigenvalue weighted by Crippen LogP contribution is 1.89. The van der Waals surface area contributed by atoms with Crippen LogP contribution >= 0.6 is 0 Å². The Kier molecular flexibility index (Phi) is 7.58. The van der Waals surface area contributed by atoms with Gasteiger partial charge in [-0.15, -0.1) is 0 Å². The second-order valence-electron chi connectivity index (χ2n) is 2.12. The molecule has 4 heteroatoms. The quantitative estimate of drug-likeness (QED) is 0.321. The standard InChI is InChI=1S/C8H14O4/c1-2-11-6-7-12-8(10)4-3-5-9/h5H,2-4,6-7H2,1H3. The minimum absolute atomic E-state index is 0.162. The molecule has 0 amide bonds. The van der Waals surface area contributed by atoms with E-state index in [1.165, 1.54) is 0 Å². The molecule has 4 nitrogen and oxygen atoms in total. The minimum Gasteiger partial charge on any atom is -0.463 e. The lowest BCUT2D eigenvalue weighted by molar-refractivity contribution is -0.145. The summed E-state index contributed by atoms with van der Waals surface area (Å²) < 4.78 is 9.66. The molecule has 70 valence electrons. The molecule has 0 heterocycles. The van der Waals surface area contributed by atoms with E-state index in [9.17, 15) is 9.59 Å². The highest BCUT2D eigenvalue weighted by atomic mass is 16.6. The number of aldehydes is 1. The molecule has 0 aromatic carbocycles. The largest absolute Gasteiger partial charge is 0.463 e. The average Bonchev–Trinajstić information content (AvgIpc) is 2.09. The number of carbonyl (C=O) groups excluding carboxylic acids is 2. The molecule has 0 radical (unpaired) electrons. The van der Waals surface area contributed by atoms with Crippen LogP contribution in [0.4, 0.5) is 0 Å². The van der Waals surface area contributed by atoms with Gasteiger partial charge in [0.25, 0.3) is 0 Å². The Hall–Kier alpha value is -0.900. The van der Waals surface area contributed by atoms with E-state index in [4.69, 9.17) is 9.47 Å². The van der Waals surface area contributed by atoms with E-state index >= 15 is 0 Å². The van der Waals surface area contributed by atoms with Crippen LogP contribution in [0.1, 0.15) is 19.8 Å². The maximum absolute atomic E-state index is 10.7. The predicted molar refractivity (Wildman–Crippen MR) is 42.8 cm³/mol. The predicted octanol–water partition coefficient (Wildman–Crippen LogP) is 0.545. The van der Waals surface area contributed by atoms with Crippen LogP contribution in [0, 0.1) is 0 Å². The number of rotatable bonds is 7. The summed E-state index contributed by atoms with van der Waals surface area (Å²) in [5.41, 5.74) is 0. The van der Waals surface area contributed by atoms with Crippen molar-refractivity contribution >= 4 is 12.3 Å². The summed E-state index contributed by atoms with van der Waals surface area (Å²) in [6, 6.07) is 0. The molecule has 0 saturated heterocycles. The molecule has 0 aromatic heterocycles. The van der Waals surface area contributed by atoms with Crippen molar-refractivity contribution in [3.05, 3.63) is 0 Å². The minimum atomic E-state index is -0.346. The van der Waals surface area contributed by atoms with Crippen molar-refractivity contribution in [3.63, 3.8) is 0 Å². The molecule has 0 aliphatic rings. The molecule has 0 aliphatic carbocycles. The number of carbonyl (C=O) groups is 2. The SMILES string of the molecule is CCOCCOC(=O)CCC=O. The van der Waals surface area contributed by atoms with E-state index in [1.807, 2.05) is 6.92 Å². The Morgan fingerprint density at radius 3 is 2.75 bits per heavy atom. The number of hydrogen-bond donors (Lipinski definition) is 0. The summed E-state index contributed by atoms with van der Waals surface area (Å²) in [5, 5.41) is 0. The van der Waals surface area contributed by atoms with Gasteiger partial charge >= 0.3 is 5.97 Å². The molecule has 0 fully saturated rings. The smallest absolute Gasteiger partial charge is 0.306 e. The molecule has 0 unspecified atom stereocenters. The van der Waals surface area contributed by atoms with Gasteiger partial charge in [-0.1, -0.05) is 0 Å². The third kappa shape index (κ3) is 7.21. The van der Waals surface area contributed by atoms with E-state index in [0.29, 0.717) is 19.5 Å².